The van der Waals surface area contributed by atoms with Gasteiger partial charge in [0, 0.05) is 22.6 Å². The van der Waals surface area contributed by atoms with Crippen LogP contribution in [0.2, 0.25) is 0 Å². The zero-order valence-corrected chi connectivity index (χ0v) is 13.4. The van der Waals surface area contributed by atoms with Crippen molar-refractivity contribution in [3.8, 4) is 0 Å². The van der Waals surface area contributed by atoms with Crippen molar-refractivity contribution in [3.05, 3.63) is 35.4 Å². The molecule has 1 aromatic rings. The maximum atomic E-state index is 12.3. The largest absolute Gasteiger partial charge is 0.323 e. The standard InChI is InChI=1S/C16H27NOS/c1-5-12(3)11-19(18)13(4)16(17)15-9-7-14(6-2)8-10-15/h7-10,12-13,16H,5-6,11,17H2,1-4H3. The van der Waals surface area contributed by atoms with E-state index in [1.807, 2.05) is 6.92 Å². The van der Waals surface area contributed by atoms with Crippen LogP contribution in [-0.4, -0.2) is 15.2 Å². The van der Waals surface area contributed by atoms with Crippen LogP contribution >= 0.6 is 0 Å². The average Bonchev–Trinajstić information content (AvgIpc) is 2.45. The summed E-state index contributed by atoms with van der Waals surface area (Å²) in [4.78, 5) is 0. The van der Waals surface area contributed by atoms with Crippen LogP contribution in [0.1, 0.15) is 51.3 Å². The van der Waals surface area contributed by atoms with E-state index in [9.17, 15) is 4.21 Å². The van der Waals surface area contributed by atoms with E-state index in [4.69, 9.17) is 5.73 Å². The van der Waals surface area contributed by atoms with Gasteiger partial charge in [0.05, 0.1) is 5.25 Å². The van der Waals surface area contributed by atoms with Crippen molar-refractivity contribution in [1.29, 1.82) is 0 Å². The molecule has 2 nitrogen and oxygen atoms in total. The van der Waals surface area contributed by atoms with Crippen molar-refractivity contribution < 1.29 is 4.21 Å². The van der Waals surface area contributed by atoms with E-state index >= 15 is 0 Å². The summed E-state index contributed by atoms with van der Waals surface area (Å²) in [6.07, 6.45) is 2.10. The van der Waals surface area contributed by atoms with Gasteiger partial charge in [-0.3, -0.25) is 4.21 Å². The van der Waals surface area contributed by atoms with Gasteiger partial charge in [-0.25, -0.2) is 0 Å². The molecule has 0 aromatic heterocycles. The molecule has 0 aliphatic rings. The third kappa shape index (κ3) is 4.73. The molecule has 4 unspecified atom stereocenters. The SMILES string of the molecule is CCc1ccc(C(N)C(C)S(=O)CC(C)CC)cc1. The zero-order chi connectivity index (χ0) is 14.4. The van der Waals surface area contributed by atoms with Crippen LogP contribution in [0.4, 0.5) is 0 Å². The molecule has 1 rings (SSSR count). The molecule has 0 amide bonds. The maximum absolute atomic E-state index is 12.3. The van der Waals surface area contributed by atoms with Crippen molar-refractivity contribution in [2.45, 2.75) is 51.8 Å². The zero-order valence-electron chi connectivity index (χ0n) is 12.6. The summed E-state index contributed by atoms with van der Waals surface area (Å²) in [5, 5.41) is 0.00137. The molecule has 108 valence electrons. The number of rotatable bonds is 7. The van der Waals surface area contributed by atoms with Crippen molar-refractivity contribution in [2.75, 3.05) is 5.75 Å². The van der Waals surface area contributed by atoms with E-state index in [1.54, 1.807) is 0 Å². The lowest BCUT2D eigenvalue weighted by atomic mass is 10.0. The summed E-state index contributed by atoms with van der Waals surface area (Å²) in [6.45, 7) is 8.41. The molecular weight excluding hydrogens is 254 g/mol. The quantitative estimate of drug-likeness (QED) is 0.832. The average molecular weight is 281 g/mol. The minimum atomic E-state index is -0.857. The van der Waals surface area contributed by atoms with Gasteiger partial charge in [0.1, 0.15) is 0 Å². The topological polar surface area (TPSA) is 43.1 Å². The van der Waals surface area contributed by atoms with Crippen molar-refractivity contribution >= 4 is 10.8 Å². The Morgan fingerprint density at radius 1 is 1.16 bits per heavy atom. The fourth-order valence-corrected chi connectivity index (χ4v) is 3.54. The van der Waals surface area contributed by atoms with E-state index in [0.29, 0.717) is 5.92 Å². The maximum Gasteiger partial charge on any atom is 0.0512 e. The fraction of sp³-hybridized carbons (Fsp3) is 0.625. The first-order valence-corrected chi connectivity index (χ1v) is 8.59. The molecular formula is C16H27NOS. The van der Waals surface area contributed by atoms with Gasteiger partial charge < -0.3 is 5.73 Å². The van der Waals surface area contributed by atoms with E-state index in [1.165, 1.54) is 5.56 Å². The Kier molecular flexibility index (Phi) is 6.73. The van der Waals surface area contributed by atoms with Crippen LogP contribution in [0.3, 0.4) is 0 Å². The first-order valence-electron chi connectivity index (χ1n) is 7.21. The van der Waals surface area contributed by atoms with Crippen molar-refractivity contribution in [2.24, 2.45) is 11.7 Å². The number of hydrogen-bond acceptors (Lipinski definition) is 2. The molecule has 0 saturated heterocycles. The van der Waals surface area contributed by atoms with Crippen LogP contribution in [0, 0.1) is 5.92 Å². The Bertz CT molecular complexity index is 402. The molecule has 0 bridgehead atoms. The molecule has 0 spiro atoms. The van der Waals surface area contributed by atoms with Gasteiger partial charge in [-0.15, -0.1) is 0 Å². The first-order chi connectivity index (χ1) is 8.99. The van der Waals surface area contributed by atoms with Gasteiger partial charge in [0.15, 0.2) is 0 Å². The predicted octanol–water partition coefficient (Wildman–Crippen LogP) is 3.43. The van der Waals surface area contributed by atoms with Gasteiger partial charge in [-0.1, -0.05) is 51.5 Å². The van der Waals surface area contributed by atoms with Gasteiger partial charge in [-0.2, -0.15) is 0 Å². The van der Waals surface area contributed by atoms with Gasteiger partial charge in [0.2, 0.25) is 0 Å². The summed E-state index contributed by atoms with van der Waals surface area (Å²) >= 11 is 0. The number of nitrogens with two attached hydrogens (primary N) is 1. The molecule has 0 aliphatic heterocycles. The highest BCUT2D eigenvalue weighted by Crippen LogP contribution is 2.20. The highest BCUT2D eigenvalue weighted by atomic mass is 32.2. The molecule has 4 atom stereocenters. The molecule has 0 saturated carbocycles. The van der Waals surface area contributed by atoms with Crippen LogP contribution < -0.4 is 5.73 Å². The van der Waals surface area contributed by atoms with Crippen molar-refractivity contribution in [3.63, 3.8) is 0 Å². The van der Waals surface area contributed by atoms with Crippen LogP contribution in [0.5, 0.6) is 0 Å². The lowest BCUT2D eigenvalue weighted by Crippen LogP contribution is -2.30. The Morgan fingerprint density at radius 2 is 1.74 bits per heavy atom. The third-order valence-corrected chi connectivity index (χ3v) is 5.86. The molecule has 0 radical (unpaired) electrons. The first kappa shape index (κ1) is 16.4. The van der Waals surface area contributed by atoms with E-state index < -0.39 is 10.8 Å². The molecule has 0 heterocycles. The second kappa shape index (κ2) is 7.81. The lowest BCUT2D eigenvalue weighted by Gasteiger charge is -2.21. The normalized spacial score (nSPS) is 17.7. The molecule has 3 heteroatoms. The van der Waals surface area contributed by atoms with E-state index in [-0.39, 0.29) is 11.3 Å². The van der Waals surface area contributed by atoms with E-state index in [0.717, 1.165) is 24.2 Å². The Morgan fingerprint density at radius 3 is 2.21 bits per heavy atom. The Hall–Kier alpha value is -0.670. The third-order valence-electron chi connectivity index (χ3n) is 3.84. The summed E-state index contributed by atoms with van der Waals surface area (Å²) in [5.74, 6) is 1.25. The Balaban J connectivity index is 2.69. The molecule has 19 heavy (non-hydrogen) atoms. The number of benzene rings is 1. The van der Waals surface area contributed by atoms with Gasteiger partial charge in [0.25, 0.3) is 0 Å². The molecule has 1 aromatic carbocycles. The summed E-state index contributed by atoms with van der Waals surface area (Å²) in [5.41, 5.74) is 8.65. The molecule has 0 fully saturated rings. The Labute approximate surface area is 120 Å². The predicted molar refractivity (Wildman–Crippen MR) is 84.7 cm³/mol. The van der Waals surface area contributed by atoms with Crippen LogP contribution in [0.25, 0.3) is 0 Å². The number of aryl methyl sites for hydroxylation is 1. The summed E-state index contributed by atoms with van der Waals surface area (Å²) in [6, 6.07) is 8.22. The highest BCUT2D eigenvalue weighted by Gasteiger charge is 2.21. The fourth-order valence-electron chi connectivity index (χ4n) is 1.96. The number of hydrogen-bond donors (Lipinski definition) is 1. The van der Waals surface area contributed by atoms with Gasteiger partial charge in [-0.05, 0) is 30.4 Å². The second-order valence-electron chi connectivity index (χ2n) is 5.39. The van der Waals surface area contributed by atoms with Gasteiger partial charge >= 0.3 is 0 Å². The molecule has 0 aliphatic carbocycles. The van der Waals surface area contributed by atoms with Crippen LogP contribution in [0.15, 0.2) is 24.3 Å². The van der Waals surface area contributed by atoms with Crippen LogP contribution in [-0.2, 0) is 17.2 Å². The summed E-state index contributed by atoms with van der Waals surface area (Å²) in [7, 11) is -0.857. The van der Waals surface area contributed by atoms with Crippen molar-refractivity contribution in [1.82, 2.24) is 0 Å². The smallest absolute Gasteiger partial charge is 0.0512 e. The monoisotopic (exact) mass is 281 g/mol. The summed E-state index contributed by atoms with van der Waals surface area (Å²) < 4.78 is 12.3. The lowest BCUT2D eigenvalue weighted by molar-refractivity contribution is 0.599. The van der Waals surface area contributed by atoms with E-state index in [2.05, 4.69) is 45.0 Å². The minimum Gasteiger partial charge on any atom is -0.323 e. The second-order valence-corrected chi connectivity index (χ2v) is 7.23. The highest BCUT2D eigenvalue weighted by molar-refractivity contribution is 7.85. The molecule has 2 N–H and O–H groups in total. The minimum absolute atomic E-state index is 0.00137.